The Labute approximate surface area is 82.1 Å². The summed E-state index contributed by atoms with van der Waals surface area (Å²) in [5.41, 5.74) is 0. The first-order chi connectivity index (χ1) is 6.29. The molecular formula is C7H13NO5S. The zero-order chi connectivity index (χ0) is 11.4. The Morgan fingerprint density at radius 2 is 1.93 bits per heavy atom. The maximum absolute atomic E-state index is 11.2. The largest absolute Gasteiger partial charge is 0.481 e. The first-order valence-corrected chi connectivity index (χ1v) is 5.66. The van der Waals surface area contributed by atoms with Crippen LogP contribution in [0.15, 0.2) is 0 Å². The van der Waals surface area contributed by atoms with Crippen LogP contribution in [0.25, 0.3) is 0 Å². The van der Waals surface area contributed by atoms with Crippen LogP contribution in [0.3, 0.4) is 0 Å². The summed E-state index contributed by atoms with van der Waals surface area (Å²) < 4.78 is 21.8. The summed E-state index contributed by atoms with van der Waals surface area (Å²) in [7, 11) is -4.11. The standard InChI is InChI=1S/C7H13NO5S/c1-2-3-5(9)6(4-7(10)11)14(8,12)13/h6H,2-4H2,1H3,(H,10,11)(H2,8,12,13). The van der Waals surface area contributed by atoms with E-state index in [9.17, 15) is 18.0 Å². The van der Waals surface area contributed by atoms with Crippen molar-refractivity contribution in [3.8, 4) is 0 Å². The van der Waals surface area contributed by atoms with Gasteiger partial charge >= 0.3 is 5.97 Å². The summed E-state index contributed by atoms with van der Waals surface area (Å²) >= 11 is 0. The number of aliphatic carboxylic acids is 1. The Balaban J connectivity index is 4.74. The molecule has 0 saturated carbocycles. The van der Waals surface area contributed by atoms with E-state index < -0.39 is 33.4 Å². The van der Waals surface area contributed by atoms with E-state index in [1.165, 1.54) is 0 Å². The Hall–Kier alpha value is -0.950. The molecule has 0 aromatic heterocycles. The van der Waals surface area contributed by atoms with Gasteiger partial charge in [0.2, 0.25) is 10.0 Å². The van der Waals surface area contributed by atoms with Crippen LogP contribution < -0.4 is 5.14 Å². The lowest BCUT2D eigenvalue weighted by atomic mass is 10.1. The molecule has 1 unspecified atom stereocenters. The summed E-state index contributed by atoms with van der Waals surface area (Å²) in [6.45, 7) is 1.69. The second-order valence-corrected chi connectivity index (χ2v) is 4.64. The fourth-order valence-electron chi connectivity index (χ4n) is 0.979. The smallest absolute Gasteiger partial charge is 0.305 e. The number of sulfonamides is 1. The van der Waals surface area contributed by atoms with Crippen molar-refractivity contribution >= 4 is 21.8 Å². The third kappa shape index (κ3) is 4.33. The van der Waals surface area contributed by atoms with Gasteiger partial charge < -0.3 is 5.11 Å². The summed E-state index contributed by atoms with van der Waals surface area (Å²) in [5.74, 6) is -1.99. The number of hydrogen-bond acceptors (Lipinski definition) is 4. The Bertz CT molecular complexity index is 321. The lowest BCUT2D eigenvalue weighted by Gasteiger charge is -2.10. The van der Waals surface area contributed by atoms with Crippen molar-refractivity contribution in [3.63, 3.8) is 0 Å². The SMILES string of the molecule is CCCC(=O)C(CC(=O)O)S(N)(=O)=O. The second-order valence-electron chi connectivity index (χ2n) is 2.89. The fraction of sp³-hybridized carbons (Fsp3) is 0.714. The molecule has 0 amide bonds. The quantitative estimate of drug-likeness (QED) is 0.629. The number of carboxylic acids is 1. The third-order valence-electron chi connectivity index (χ3n) is 1.61. The number of carbonyl (C=O) groups excluding carboxylic acids is 1. The van der Waals surface area contributed by atoms with Crippen molar-refractivity contribution in [1.82, 2.24) is 0 Å². The first kappa shape index (κ1) is 13.1. The highest BCUT2D eigenvalue weighted by molar-refractivity contribution is 7.90. The van der Waals surface area contributed by atoms with Gasteiger partial charge in [0, 0.05) is 6.42 Å². The number of nitrogens with two attached hydrogens (primary N) is 1. The van der Waals surface area contributed by atoms with E-state index in [-0.39, 0.29) is 6.42 Å². The van der Waals surface area contributed by atoms with Gasteiger partial charge in [-0.25, -0.2) is 13.6 Å². The number of carboxylic acid groups (broad SMARTS) is 1. The molecule has 14 heavy (non-hydrogen) atoms. The van der Waals surface area contributed by atoms with Gasteiger partial charge in [-0.15, -0.1) is 0 Å². The Kier molecular flexibility index (Phi) is 4.72. The van der Waals surface area contributed by atoms with Crippen LogP contribution in [-0.4, -0.2) is 30.5 Å². The number of primary sulfonamides is 1. The van der Waals surface area contributed by atoms with Crippen molar-refractivity contribution in [1.29, 1.82) is 0 Å². The molecule has 0 heterocycles. The average Bonchev–Trinajstić information content (AvgIpc) is 1.98. The van der Waals surface area contributed by atoms with Gasteiger partial charge in [0.1, 0.15) is 5.25 Å². The van der Waals surface area contributed by atoms with Crippen molar-refractivity contribution in [2.24, 2.45) is 5.14 Å². The molecule has 0 spiro atoms. The second kappa shape index (κ2) is 5.06. The van der Waals surface area contributed by atoms with Crippen LogP contribution in [0.1, 0.15) is 26.2 Å². The molecule has 0 aromatic rings. The lowest BCUT2D eigenvalue weighted by Crippen LogP contribution is -2.37. The third-order valence-corrected chi connectivity index (χ3v) is 2.83. The van der Waals surface area contributed by atoms with Gasteiger partial charge in [-0.05, 0) is 6.42 Å². The van der Waals surface area contributed by atoms with Crippen LogP contribution in [0.2, 0.25) is 0 Å². The van der Waals surface area contributed by atoms with Crippen LogP contribution in [0.4, 0.5) is 0 Å². The molecule has 0 aromatic carbocycles. The van der Waals surface area contributed by atoms with Crippen molar-refractivity contribution in [2.75, 3.05) is 0 Å². The number of ketones is 1. The topological polar surface area (TPSA) is 115 Å². The van der Waals surface area contributed by atoms with E-state index in [1.54, 1.807) is 6.92 Å². The van der Waals surface area contributed by atoms with Crippen molar-refractivity contribution < 1.29 is 23.1 Å². The Morgan fingerprint density at radius 3 is 2.21 bits per heavy atom. The molecule has 0 aliphatic rings. The molecule has 82 valence electrons. The first-order valence-electron chi connectivity index (χ1n) is 4.05. The molecule has 1 atom stereocenters. The van der Waals surface area contributed by atoms with Gasteiger partial charge in [-0.1, -0.05) is 6.92 Å². The molecule has 7 heteroatoms. The Morgan fingerprint density at radius 1 is 1.43 bits per heavy atom. The minimum absolute atomic E-state index is 0.0222. The predicted molar refractivity (Wildman–Crippen MR) is 49.1 cm³/mol. The molecule has 0 rings (SSSR count). The highest BCUT2D eigenvalue weighted by Crippen LogP contribution is 2.07. The molecule has 0 fully saturated rings. The maximum Gasteiger partial charge on any atom is 0.305 e. The van der Waals surface area contributed by atoms with Gasteiger partial charge in [0.05, 0.1) is 6.42 Å². The van der Waals surface area contributed by atoms with E-state index in [4.69, 9.17) is 10.2 Å². The highest BCUT2D eigenvalue weighted by atomic mass is 32.2. The average molecular weight is 223 g/mol. The number of carbonyl (C=O) groups is 2. The maximum atomic E-state index is 11.2. The number of rotatable bonds is 6. The van der Waals surface area contributed by atoms with E-state index >= 15 is 0 Å². The molecular weight excluding hydrogens is 210 g/mol. The van der Waals surface area contributed by atoms with Gasteiger partial charge in [-0.3, -0.25) is 9.59 Å². The zero-order valence-electron chi connectivity index (χ0n) is 7.76. The zero-order valence-corrected chi connectivity index (χ0v) is 8.58. The minimum Gasteiger partial charge on any atom is -0.481 e. The normalized spacial score (nSPS) is 13.6. The molecule has 0 radical (unpaired) electrons. The predicted octanol–water partition coefficient (Wildman–Crippen LogP) is -0.513. The van der Waals surface area contributed by atoms with E-state index in [2.05, 4.69) is 0 Å². The number of hydrogen-bond donors (Lipinski definition) is 2. The summed E-state index contributed by atoms with van der Waals surface area (Å²) in [4.78, 5) is 21.5. The van der Waals surface area contributed by atoms with Crippen LogP contribution in [-0.2, 0) is 19.6 Å². The monoisotopic (exact) mass is 223 g/mol. The summed E-state index contributed by atoms with van der Waals surface area (Å²) in [6, 6.07) is 0. The number of Topliss-reactive ketones (excluding diaryl/α,β-unsaturated/α-hetero) is 1. The highest BCUT2D eigenvalue weighted by Gasteiger charge is 2.30. The summed E-state index contributed by atoms with van der Waals surface area (Å²) in [5, 5.41) is 11.5. The molecule has 0 bridgehead atoms. The van der Waals surface area contributed by atoms with E-state index in [0.717, 1.165) is 0 Å². The van der Waals surface area contributed by atoms with Crippen LogP contribution in [0.5, 0.6) is 0 Å². The fourth-order valence-corrected chi connectivity index (χ4v) is 1.84. The van der Waals surface area contributed by atoms with Gasteiger partial charge in [0.25, 0.3) is 0 Å². The molecule has 0 aliphatic carbocycles. The summed E-state index contributed by atoms with van der Waals surface area (Å²) in [6.07, 6.45) is -0.281. The van der Waals surface area contributed by atoms with Crippen LogP contribution >= 0.6 is 0 Å². The van der Waals surface area contributed by atoms with Gasteiger partial charge in [-0.2, -0.15) is 0 Å². The van der Waals surface area contributed by atoms with Crippen molar-refractivity contribution in [2.45, 2.75) is 31.4 Å². The van der Waals surface area contributed by atoms with Crippen molar-refractivity contribution in [3.05, 3.63) is 0 Å². The molecule has 6 nitrogen and oxygen atoms in total. The molecule has 0 aliphatic heterocycles. The van der Waals surface area contributed by atoms with E-state index in [0.29, 0.717) is 6.42 Å². The molecule has 0 saturated heterocycles. The van der Waals surface area contributed by atoms with E-state index in [1.807, 2.05) is 0 Å². The minimum atomic E-state index is -4.11. The lowest BCUT2D eigenvalue weighted by molar-refractivity contribution is -0.138. The van der Waals surface area contributed by atoms with Crippen LogP contribution in [0, 0.1) is 0 Å². The van der Waals surface area contributed by atoms with Gasteiger partial charge in [0.15, 0.2) is 5.78 Å². The molecule has 3 N–H and O–H groups in total.